The normalized spacial score (nSPS) is 15.2. The van der Waals surface area contributed by atoms with Gasteiger partial charge in [0, 0.05) is 4.90 Å². The lowest BCUT2D eigenvalue weighted by molar-refractivity contribution is -0.0329. The first-order chi connectivity index (χ1) is 11.8. The minimum absolute atomic E-state index is 0.0950. The van der Waals surface area contributed by atoms with E-state index in [1.165, 1.54) is 20.8 Å². The van der Waals surface area contributed by atoms with Gasteiger partial charge in [-0.3, -0.25) is 8.75 Å². The molecule has 6 nitrogen and oxygen atoms in total. The van der Waals surface area contributed by atoms with Crippen molar-refractivity contribution in [3.05, 3.63) is 24.0 Å². The van der Waals surface area contributed by atoms with Gasteiger partial charge >= 0.3 is 23.2 Å². The number of hydrogen-bond donors (Lipinski definition) is 0. The molecule has 1 unspecified atom stereocenters. The maximum absolute atomic E-state index is 13.9. The van der Waals surface area contributed by atoms with Gasteiger partial charge in [-0.1, -0.05) is 6.07 Å². The van der Waals surface area contributed by atoms with Gasteiger partial charge in [0.1, 0.15) is 10.7 Å². The molecule has 0 spiro atoms. The largest absolute Gasteiger partial charge is 0.446 e. The molecule has 0 saturated heterocycles. The average molecular weight is 440 g/mol. The summed E-state index contributed by atoms with van der Waals surface area (Å²) in [7, 11) is -9.03. The van der Waals surface area contributed by atoms with Crippen LogP contribution >= 0.6 is 19.4 Å². The van der Waals surface area contributed by atoms with E-state index in [0.717, 1.165) is 12.1 Å². The highest BCUT2D eigenvalue weighted by atomic mass is 32.2. The van der Waals surface area contributed by atoms with Gasteiger partial charge in [-0.25, -0.2) is 4.39 Å². The topological polar surface area (TPSA) is 78.9 Å². The van der Waals surface area contributed by atoms with Crippen LogP contribution in [0.5, 0.6) is 0 Å². The fourth-order valence-electron chi connectivity index (χ4n) is 1.75. The third-order valence-corrected chi connectivity index (χ3v) is 6.75. The van der Waals surface area contributed by atoms with Crippen molar-refractivity contribution >= 4 is 29.5 Å². The zero-order valence-electron chi connectivity index (χ0n) is 13.9. The summed E-state index contributed by atoms with van der Waals surface area (Å²) in [6.07, 6.45) is -1.71. The maximum Gasteiger partial charge on any atom is 0.446 e. The molecule has 1 rings (SSSR count). The Morgan fingerprint density at radius 3 is 2.38 bits per heavy atom. The van der Waals surface area contributed by atoms with E-state index in [1.807, 2.05) is 0 Å². The molecule has 0 saturated carbocycles. The summed E-state index contributed by atoms with van der Waals surface area (Å²) in [6.45, 7) is 4.40. The van der Waals surface area contributed by atoms with E-state index in [0.29, 0.717) is 6.07 Å². The Morgan fingerprint density at radius 2 is 1.88 bits per heavy atom. The number of thioether (sulfide) groups is 1. The van der Waals surface area contributed by atoms with Gasteiger partial charge in [-0.05, 0) is 44.7 Å². The Hall–Kier alpha value is -0.650. The molecule has 1 atom stereocenters. The quantitative estimate of drug-likeness (QED) is 0.237. The molecule has 0 aliphatic rings. The molecule has 0 amide bonds. The van der Waals surface area contributed by atoms with Crippen LogP contribution in [0.25, 0.3) is 0 Å². The minimum atomic E-state index is -5.01. The lowest BCUT2D eigenvalue weighted by atomic mass is 10.3. The van der Waals surface area contributed by atoms with Gasteiger partial charge < -0.3 is 9.05 Å². The van der Waals surface area contributed by atoms with Crippen molar-refractivity contribution in [1.29, 1.82) is 0 Å². The van der Waals surface area contributed by atoms with E-state index in [4.69, 9.17) is 9.05 Å². The standard InChI is InChI=1S/C13H17F4O6PS2/c1-4-21-24(18,23-9(2)3)8-22-26(19,20)12-10(14)6-5-7-11(12)25-13(15,16)17/h5-7,9H,4,8H2,1-3H3. The first-order valence-electron chi connectivity index (χ1n) is 7.15. The Morgan fingerprint density at radius 1 is 1.27 bits per heavy atom. The molecular formula is C13H17F4O6PS2. The molecule has 26 heavy (non-hydrogen) atoms. The number of benzene rings is 1. The number of alkyl halides is 3. The molecule has 150 valence electrons. The molecule has 0 aromatic heterocycles. The number of halogens is 4. The Kier molecular flexibility index (Phi) is 8.12. The van der Waals surface area contributed by atoms with Crippen LogP contribution < -0.4 is 0 Å². The van der Waals surface area contributed by atoms with Crippen LogP contribution in [0.15, 0.2) is 28.0 Å². The van der Waals surface area contributed by atoms with E-state index in [9.17, 15) is 30.5 Å². The predicted molar refractivity (Wildman–Crippen MR) is 86.9 cm³/mol. The van der Waals surface area contributed by atoms with Gasteiger partial charge in [-0.15, -0.1) is 0 Å². The van der Waals surface area contributed by atoms with Crippen LogP contribution in [-0.4, -0.2) is 33.0 Å². The average Bonchev–Trinajstić information content (AvgIpc) is 2.43. The Labute approximate surface area is 152 Å². The first-order valence-corrected chi connectivity index (χ1v) is 11.1. The summed E-state index contributed by atoms with van der Waals surface area (Å²) in [4.78, 5) is -2.21. The van der Waals surface area contributed by atoms with Crippen LogP contribution in [0, 0.1) is 5.82 Å². The van der Waals surface area contributed by atoms with Crippen molar-refractivity contribution in [3.63, 3.8) is 0 Å². The zero-order chi connectivity index (χ0) is 20.2. The molecule has 0 aliphatic carbocycles. The third kappa shape index (κ3) is 7.16. The first kappa shape index (κ1) is 23.4. The minimum Gasteiger partial charge on any atom is -0.307 e. The lowest BCUT2D eigenvalue weighted by Crippen LogP contribution is -2.15. The van der Waals surface area contributed by atoms with Crippen LogP contribution in [0.1, 0.15) is 20.8 Å². The Balaban J connectivity index is 3.17. The van der Waals surface area contributed by atoms with Crippen molar-refractivity contribution < 1.29 is 43.8 Å². The van der Waals surface area contributed by atoms with Crippen molar-refractivity contribution in [2.45, 2.75) is 42.2 Å². The molecule has 0 heterocycles. The van der Waals surface area contributed by atoms with Crippen LogP contribution in [0.4, 0.5) is 17.6 Å². The smallest absolute Gasteiger partial charge is 0.307 e. The van der Waals surface area contributed by atoms with Gasteiger partial charge in [0.15, 0.2) is 6.35 Å². The Bertz CT molecular complexity index is 766. The summed E-state index contributed by atoms with van der Waals surface area (Å²) in [5.74, 6) is -1.43. The van der Waals surface area contributed by atoms with Gasteiger partial charge in [0.25, 0.3) is 0 Å². The van der Waals surface area contributed by atoms with E-state index < -0.39 is 63.0 Å². The highest BCUT2D eigenvalue weighted by Gasteiger charge is 2.36. The second-order valence-corrected chi connectivity index (χ2v) is 9.61. The third-order valence-electron chi connectivity index (χ3n) is 2.47. The second-order valence-electron chi connectivity index (χ2n) is 5.00. The van der Waals surface area contributed by atoms with Gasteiger partial charge in [-0.2, -0.15) is 21.6 Å². The number of hydrogen-bond acceptors (Lipinski definition) is 7. The second kappa shape index (κ2) is 9.03. The van der Waals surface area contributed by atoms with Crippen molar-refractivity contribution in [3.8, 4) is 0 Å². The number of rotatable bonds is 9. The summed E-state index contributed by atoms with van der Waals surface area (Å²) in [5, 5.41) is 0. The van der Waals surface area contributed by atoms with Crippen molar-refractivity contribution in [2.75, 3.05) is 13.0 Å². The van der Waals surface area contributed by atoms with Crippen LogP contribution in [0.3, 0.4) is 0 Å². The molecule has 1 aromatic carbocycles. The molecule has 13 heteroatoms. The van der Waals surface area contributed by atoms with Crippen LogP contribution in [-0.2, 0) is 27.9 Å². The SMILES string of the molecule is CCOP(=O)(COS(=O)(=O)c1c(F)cccc1SC(F)(F)F)OC(C)C. The van der Waals surface area contributed by atoms with Gasteiger partial charge in [0.05, 0.1) is 12.7 Å². The summed E-state index contributed by atoms with van der Waals surface area (Å²) in [5.41, 5.74) is -4.85. The molecule has 0 aliphatic heterocycles. The fourth-order valence-corrected chi connectivity index (χ4v) is 5.81. The fraction of sp³-hybridized carbons (Fsp3) is 0.538. The lowest BCUT2D eigenvalue weighted by Gasteiger charge is -2.20. The van der Waals surface area contributed by atoms with E-state index >= 15 is 0 Å². The zero-order valence-corrected chi connectivity index (χ0v) is 16.5. The molecule has 1 aromatic rings. The van der Waals surface area contributed by atoms with Crippen molar-refractivity contribution in [1.82, 2.24) is 0 Å². The summed E-state index contributed by atoms with van der Waals surface area (Å²) >= 11 is -0.808. The molecular weight excluding hydrogens is 423 g/mol. The molecule has 0 radical (unpaired) electrons. The van der Waals surface area contributed by atoms with E-state index in [2.05, 4.69) is 4.18 Å². The van der Waals surface area contributed by atoms with E-state index in [1.54, 1.807) is 0 Å². The van der Waals surface area contributed by atoms with Crippen LogP contribution in [0.2, 0.25) is 0 Å². The van der Waals surface area contributed by atoms with Gasteiger partial charge in [0.2, 0.25) is 0 Å². The monoisotopic (exact) mass is 440 g/mol. The molecule has 0 N–H and O–H groups in total. The highest BCUT2D eigenvalue weighted by Crippen LogP contribution is 2.50. The summed E-state index contributed by atoms with van der Waals surface area (Å²) < 4.78 is 103. The van der Waals surface area contributed by atoms with Crippen molar-refractivity contribution in [2.24, 2.45) is 0 Å². The van der Waals surface area contributed by atoms with E-state index in [-0.39, 0.29) is 6.61 Å². The summed E-state index contributed by atoms with van der Waals surface area (Å²) in [6, 6.07) is 2.38. The maximum atomic E-state index is 13.9. The predicted octanol–water partition coefficient (Wildman–Crippen LogP) is 4.76. The molecule has 0 fully saturated rings. The molecule has 0 bridgehead atoms. The highest BCUT2D eigenvalue weighted by molar-refractivity contribution is 8.00.